The van der Waals surface area contributed by atoms with E-state index in [1.54, 1.807) is 14.2 Å². The van der Waals surface area contributed by atoms with Crippen molar-refractivity contribution in [1.29, 1.82) is 0 Å². The monoisotopic (exact) mass is 1030 g/mol. The van der Waals surface area contributed by atoms with E-state index >= 15 is 0 Å². The highest BCUT2D eigenvalue weighted by atomic mass is 16.6. The first-order valence-corrected chi connectivity index (χ1v) is 29.4. The van der Waals surface area contributed by atoms with Gasteiger partial charge in [0.05, 0.1) is 69.2 Å². The minimum atomic E-state index is -1.21. The molecule has 1 aliphatic carbocycles. The van der Waals surface area contributed by atoms with E-state index in [1.165, 1.54) is 6.42 Å². The average molecular weight is 1030 g/mol. The number of aliphatic hydroxyl groups excluding tert-OH is 1. The third-order valence-corrected chi connectivity index (χ3v) is 17.4. The molecule has 1 saturated carbocycles. The molecule has 0 aromatic heterocycles. The van der Waals surface area contributed by atoms with Crippen LogP contribution in [0.25, 0.3) is 0 Å². The summed E-state index contributed by atoms with van der Waals surface area (Å²) < 4.78 is 50.2. The number of hydrogen-bond donors (Lipinski definition) is 2. The highest BCUT2D eigenvalue weighted by molar-refractivity contribution is 5.19. The number of morpholine rings is 1. The van der Waals surface area contributed by atoms with Gasteiger partial charge in [-0.15, -0.1) is 0 Å². The van der Waals surface area contributed by atoms with Gasteiger partial charge in [0, 0.05) is 78.9 Å². The van der Waals surface area contributed by atoms with Crippen molar-refractivity contribution in [2.24, 2.45) is 35.5 Å². The summed E-state index contributed by atoms with van der Waals surface area (Å²) in [5, 5.41) is 24.0. The van der Waals surface area contributed by atoms with E-state index < -0.39 is 11.9 Å². The predicted octanol–water partition coefficient (Wildman–Crippen LogP) is 10.7. The fourth-order valence-electron chi connectivity index (χ4n) is 12.8. The van der Waals surface area contributed by atoms with Crippen molar-refractivity contribution >= 4 is 0 Å². The number of methoxy groups -OCH3 is 3. The molecule has 2 N–H and O–H groups in total. The third kappa shape index (κ3) is 21.3. The van der Waals surface area contributed by atoms with Gasteiger partial charge in [-0.3, -0.25) is 9.80 Å². The van der Waals surface area contributed by atoms with Gasteiger partial charge in [-0.05, 0) is 152 Å². The summed E-state index contributed by atoms with van der Waals surface area (Å²) in [5.41, 5.74) is 2.11. The van der Waals surface area contributed by atoms with E-state index in [-0.39, 0.29) is 54.5 Å². The van der Waals surface area contributed by atoms with E-state index in [2.05, 4.69) is 102 Å². The predicted molar refractivity (Wildman–Crippen MR) is 295 cm³/mol. The molecule has 5 rings (SSSR count). The van der Waals surface area contributed by atoms with Gasteiger partial charge >= 0.3 is 0 Å². The Balaban J connectivity index is 1.30. The lowest BCUT2D eigenvalue weighted by Gasteiger charge is -2.45. The Bertz CT molecular complexity index is 1640. The largest absolute Gasteiger partial charge is 0.386 e. The van der Waals surface area contributed by atoms with E-state index in [1.807, 2.05) is 7.11 Å². The van der Waals surface area contributed by atoms with Crippen LogP contribution >= 0.6 is 0 Å². The van der Waals surface area contributed by atoms with Crippen LogP contribution in [0.5, 0.6) is 0 Å². The van der Waals surface area contributed by atoms with Crippen LogP contribution in [-0.4, -0.2) is 168 Å². The molecular weight excluding hydrogens is 921 g/mol. The summed E-state index contributed by atoms with van der Waals surface area (Å²) in [6.07, 6.45) is 28.0. The van der Waals surface area contributed by atoms with E-state index in [9.17, 15) is 10.2 Å². The number of nitrogens with zero attached hydrogens (tertiary/aromatic N) is 2. The molecule has 0 aromatic carbocycles. The summed E-state index contributed by atoms with van der Waals surface area (Å²) >= 11 is 0. The average Bonchev–Trinajstić information content (AvgIpc) is 3.37. The Hall–Kier alpha value is -1.52. The molecule has 0 radical (unpaired) electrons. The van der Waals surface area contributed by atoms with Crippen molar-refractivity contribution in [3.8, 4) is 0 Å². The number of hydrogen-bond acceptors (Lipinski definition) is 12. The van der Waals surface area contributed by atoms with Gasteiger partial charge in [0.2, 0.25) is 0 Å². The SMILES string of the molecule is COCCO[C@H]1C[C@@H]2CC[C@@H](C)[C@@](O)(CCN3CCCC[C@H]3CO[C@H]([C@H](C)C[C@@H]3CC[C@@H](OCCCN4CCO[C@@H](C)C4)[C@H](OC)C3)CC[C@@H](C)/C=C(\C)[C@@H](O)[C@H](OC)C[C@H](C)C[C@H](C)/C=C/C=CC=C1C)O2. The Morgan fingerprint density at radius 1 is 0.753 bits per heavy atom. The standard InChI is InChI=1S/C61H108N2O10/c1-44-18-13-12-14-19-47(4)57(71-35-34-66-9)41-54-24-22-50(7)61(65,73-54)27-30-63-29-16-15-20-53(63)43-72-55(25-21-45(2)37-49(6)60(64)59(68-11)38-46(3)36-44)48(5)39-52-23-26-56(58(40-52)67-10)70-32-17-28-62-31-33-69-51(8)42-62/h12-14,18-19,37,44-46,48,50-60,64-65H,15-17,20-36,38-43H2,1-11H3/b14-12?,18-13+,47-19?,49-37+/t44-,45-,46-,48-,50-,51+,52+,53+,54+,55+,56-,57+,58-,59-,60-,61-/m1/s1. The van der Waals surface area contributed by atoms with Crippen LogP contribution in [0.4, 0.5) is 0 Å². The van der Waals surface area contributed by atoms with Gasteiger partial charge in [-0.2, -0.15) is 0 Å². The van der Waals surface area contributed by atoms with Crippen molar-refractivity contribution in [3.63, 3.8) is 0 Å². The zero-order valence-corrected chi connectivity index (χ0v) is 48.1. The lowest BCUT2D eigenvalue weighted by atomic mass is 9.78. The van der Waals surface area contributed by atoms with Crippen LogP contribution < -0.4 is 0 Å². The van der Waals surface area contributed by atoms with Crippen LogP contribution in [-0.2, 0) is 37.9 Å². The number of aliphatic hydroxyl groups is 2. The number of piperidine rings is 1. The molecule has 0 spiro atoms. The molecule has 422 valence electrons. The normalized spacial score (nSPS) is 38.9. The molecule has 73 heavy (non-hydrogen) atoms. The van der Waals surface area contributed by atoms with Crippen LogP contribution in [0.2, 0.25) is 0 Å². The Kier molecular flexibility index (Phi) is 28.2. The van der Waals surface area contributed by atoms with Crippen LogP contribution in [0.15, 0.2) is 47.6 Å². The van der Waals surface area contributed by atoms with E-state index in [0.29, 0.717) is 62.4 Å². The summed E-state index contributed by atoms with van der Waals surface area (Å²) in [6.45, 7) is 25.9. The quantitative estimate of drug-likeness (QED) is 0.127. The molecule has 2 bridgehead atoms. The minimum Gasteiger partial charge on any atom is -0.386 e. The molecule has 0 aromatic rings. The first-order valence-electron chi connectivity index (χ1n) is 29.4. The second kappa shape index (κ2) is 33.0. The van der Waals surface area contributed by atoms with Crippen LogP contribution in [0, 0.1) is 35.5 Å². The summed E-state index contributed by atoms with van der Waals surface area (Å²) in [6, 6.07) is 0.287. The molecule has 12 nitrogen and oxygen atoms in total. The highest BCUT2D eigenvalue weighted by Crippen LogP contribution is 2.39. The third-order valence-electron chi connectivity index (χ3n) is 17.4. The lowest BCUT2D eigenvalue weighted by Crippen LogP contribution is -2.51. The first kappa shape index (κ1) is 62.3. The summed E-state index contributed by atoms with van der Waals surface area (Å²) in [7, 11) is 5.30. The van der Waals surface area contributed by atoms with E-state index in [0.717, 1.165) is 141 Å². The maximum atomic E-state index is 12.3. The molecule has 4 fully saturated rings. The molecule has 0 amide bonds. The van der Waals surface area contributed by atoms with E-state index in [4.69, 9.17) is 37.9 Å². The second-order valence-corrected chi connectivity index (χ2v) is 23.8. The molecule has 4 aliphatic heterocycles. The molecule has 5 aliphatic rings. The Labute approximate surface area is 445 Å². The number of ether oxygens (including phenoxy) is 8. The van der Waals surface area contributed by atoms with Crippen LogP contribution in [0.3, 0.4) is 0 Å². The maximum Gasteiger partial charge on any atom is 0.169 e. The first-order chi connectivity index (χ1) is 35.1. The smallest absolute Gasteiger partial charge is 0.169 e. The fraction of sp³-hybridized carbons (Fsp3) is 0.869. The van der Waals surface area contributed by atoms with Gasteiger partial charge in [0.1, 0.15) is 6.10 Å². The summed E-state index contributed by atoms with van der Waals surface area (Å²) in [4.78, 5) is 5.08. The highest BCUT2D eigenvalue weighted by Gasteiger charge is 2.43. The molecule has 12 heteroatoms. The second-order valence-electron chi connectivity index (χ2n) is 23.8. The van der Waals surface area contributed by atoms with Crippen molar-refractivity contribution in [2.75, 3.05) is 87.1 Å². The lowest BCUT2D eigenvalue weighted by molar-refractivity contribution is -0.288. The topological polar surface area (TPSA) is 121 Å². The maximum absolute atomic E-state index is 12.3. The van der Waals surface area contributed by atoms with Gasteiger partial charge in [0.15, 0.2) is 5.79 Å². The minimum absolute atomic E-state index is 0.0348. The molecule has 4 heterocycles. The Morgan fingerprint density at radius 3 is 2.33 bits per heavy atom. The molecular formula is C61H108N2O10. The fourth-order valence-corrected chi connectivity index (χ4v) is 12.8. The summed E-state index contributed by atoms with van der Waals surface area (Å²) in [5.74, 6) is 0.754. The van der Waals surface area contributed by atoms with Gasteiger partial charge in [-0.1, -0.05) is 77.5 Å². The molecule has 16 atom stereocenters. The van der Waals surface area contributed by atoms with Crippen LogP contribution in [0.1, 0.15) is 158 Å². The number of rotatable bonds is 14. The van der Waals surface area contributed by atoms with Gasteiger partial charge in [0.25, 0.3) is 0 Å². The zero-order chi connectivity index (χ0) is 52.8. The zero-order valence-electron chi connectivity index (χ0n) is 48.1. The number of allylic oxidation sites excluding steroid dienone is 6. The van der Waals surface area contributed by atoms with Gasteiger partial charge < -0.3 is 48.1 Å². The molecule has 0 unspecified atom stereocenters. The van der Waals surface area contributed by atoms with Gasteiger partial charge in [-0.25, -0.2) is 0 Å². The van der Waals surface area contributed by atoms with Crippen molar-refractivity contribution < 1.29 is 48.1 Å². The number of fused-ring (bicyclic) bond motifs is 3. The van der Waals surface area contributed by atoms with Crippen molar-refractivity contribution in [3.05, 3.63) is 47.6 Å². The molecule has 3 saturated heterocycles. The Morgan fingerprint density at radius 2 is 1.56 bits per heavy atom. The van der Waals surface area contributed by atoms with Crippen molar-refractivity contribution in [2.45, 2.75) is 219 Å². The van der Waals surface area contributed by atoms with Crippen molar-refractivity contribution in [1.82, 2.24) is 9.80 Å².